The van der Waals surface area contributed by atoms with Crippen LogP contribution in [0.1, 0.15) is 11.1 Å². The summed E-state index contributed by atoms with van der Waals surface area (Å²) in [7, 11) is 1.72. The van der Waals surface area contributed by atoms with E-state index in [-0.39, 0.29) is 0 Å². The lowest BCUT2D eigenvalue weighted by Gasteiger charge is -2.04. The Balaban J connectivity index is 2.90. The fourth-order valence-electron chi connectivity index (χ4n) is 1.19. The van der Waals surface area contributed by atoms with Crippen molar-refractivity contribution in [2.75, 3.05) is 13.4 Å². The molecule has 1 aromatic carbocycles. The fraction of sp³-hybridized carbons (Fsp3) is 0.400. The Morgan fingerprint density at radius 2 is 2.08 bits per heavy atom. The predicted octanol–water partition coefficient (Wildman–Crippen LogP) is 2.86. The van der Waals surface area contributed by atoms with Gasteiger partial charge in [0.15, 0.2) is 0 Å². The molecule has 0 atom stereocenters. The third kappa shape index (κ3) is 2.54. The van der Waals surface area contributed by atoms with Crippen LogP contribution in [0.3, 0.4) is 0 Å². The van der Waals surface area contributed by atoms with Gasteiger partial charge in [-0.1, -0.05) is 6.07 Å². The average Bonchev–Trinajstić information content (AvgIpc) is 2.04. The van der Waals surface area contributed by atoms with Gasteiger partial charge in [0.1, 0.15) is 0 Å². The Labute approximate surface area is 78.1 Å². The van der Waals surface area contributed by atoms with Crippen LogP contribution in [-0.4, -0.2) is 13.4 Å². The van der Waals surface area contributed by atoms with Crippen LogP contribution in [-0.2, 0) is 11.3 Å². The van der Waals surface area contributed by atoms with Crippen LogP contribution in [0.25, 0.3) is 0 Å². The number of hydrogen-bond acceptors (Lipinski definition) is 2. The minimum atomic E-state index is 0.704. The van der Waals surface area contributed by atoms with E-state index in [1.165, 1.54) is 16.0 Å². The zero-order chi connectivity index (χ0) is 8.97. The number of thioether (sulfide) groups is 1. The molecule has 0 aromatic heterocycles. The number of hydrogen-bond donors (Lipinski definition) is 0. The van der Waals surface area contributed by atoms with Gasteiger partial charge >= 0.3 is 0 Å². The van der Waals surface area contributed by atoms with Crippen LogP contribution < -0.4 is 0 Å². The van der Waals surface area contributed by atoms with Crippen molar-refractivity contribution in [3.63, 3.8) is 0 Å². The minimum absolute atomic E-state index is 0.704. The molecule has 1 aromatic rings. The maximum Gasteiger partial charge on any atom is 0.0713 e. The first-order valence-corrected chi connectivity index (χ1v) is 5.12. The third-order valence-electron chi connectivity index (χ3n) is 1.66. The molecule has 12 heavy (non-hydrogen) atoms. The first kappa shape index (κ1) is 9.62. The molecule has 0 aliphatic rings. The molecule has 2 heteroatoms. The van der Waals surface area contributed by atoms with E-state index < -0.39 is 0 Å². The molecule has 0 heterocycles. The van der Waals surface area contributed by atoms with Crippen molar-refractivity contribution in [1.82, 2.24) is 0 Å². The molecule has 66 valence electrons. The summed E-state index contributed by atoms with van der Waals surface area (Å²) in [6.45, 7) is 2.81. The summed E-state index contributed by atoms with van der Waals surface area (Å²) in [5.41, 5.74) is 2.55. The van der Waals surface area contributed by atoms with Gasteiger partial charge < -0.3 is 4.74 Å². The normalized spacial score (nSPS) is 10.2. The van der Waals surface area contributed by atoms with Crippen molar-refractivity contribution in [1.29, 1.82) is 0 Å². The fourth-order valence-corrected chi connectivity index (χ4v) is 1.77. The van der Waals surface area contributed by atoms with E-state index in [2.05, 4.69) is 31.4 Å². The molecule has 1 nitrogen and oxygen atoms in total. The summed E-state index contributed by atoms with van der Waals surface area (Å²) < 4.78 is 5.07. The van der Waals surface area contributed by atoms with E-state index in [0.717, 1.165) is 0 Å². The first-order valence-electron chi connectivity index (χ1n) is 3.89. The van der Waals surface area contributed by atoms with E-state index in [1.54, 1.807) is 18.9 Å². The van der Waals surface area contributed by atoms with Gasteiger partial charge in [-0.3, -0.25) is 0 Å². The Morgan fingerprint density at radius 1 is 1.33 bits per heavy atom. The van der Waals surface area contributed by atoms with Crippen molar-refractivity contribution in [3.05, 3.63) is 29.3 Å². The summed E-state index contributed by atoms with van der Waals surface area (Å²) in [6.07, 6.45) is 2.09. The van der Waals surface area contributed by atoms with Crippen molar-refractivity contribution in [2.45, 2.75) is 18.4 Å². The molecule has 0 amide bonds. The summed E-state index contributed by atoms with van der Waals surface area (Å²) in [4.78, 5) is 1.31. The molecule has 0 saturated heterocycles. The third-order valence-corrected chi connectivity index (χ3v) is 2.36. The topological polar surface area (TPSA) is 9.23 Å². The number of ether oxygens (including phenoxy) is 1. The SMILES string of the molecule is COCc1cc(C)cc(SC)c1. The summed E-state index contributed by atoms with van der Waals surface area (Å²) >= 11 is 1.77. The minimum Gasteiger partial charge on any atom is -0.380 e. The molecular formula is C10H14OS. The van der Waals surface area contributed by atoms with Gasteiger partial charge in [0.2, 0.25) is 0 Å². The quantitative estimate of drug-likeness (QED) is 0.665. The smallest absolute Gasteiger partial charge is 0.0713 e. The van der Waals surface area contributed by atoms with Crippen molar-refractivity contribution < 1.29 is 4.74 Å². The molecule has 1 rings (SSSR count). The maximum absolute atomic E-state index is 5.07. The predicted molar refractivity (Wildman–Crippen MR) is 53.7 cm³/mol. The molecule has 0 fully saturated rings. The van der Waals surface area contributed by atoms with Crippen molar-refractivity contribution in [2.24, 2.45) is 0 Å². The second-order valence-electron chi connectivity index (χ2n) is 2.79. The van der Waals surface area contributed by atoms with Gasteiger partial charge in [-0.2, -0.15) is 0 Å². The van der Waals surface area contributed by atoms with Crippen LogP contribution >= 0.6 is 11.8 Å². The number of benzene rings is 1. The molecule has 0 radical (unpaired) electrons. The lowest BCUT2D eigenvalue weighted by molar-refractivity contribution is 0.184. The summed E-state index contributed by atoms with van der Waals surface area (Å²) in [6, 6.07) is 6.51. The van der Waals surface area contributed by atoms with Gasteiger partial charge in [0.25, 0.3) is 0 Å². The standard InChI is InChI=1S/C10H14OS/c1-8-4-9(7-11-2)6-10(5-8)12-3/h4-6H,7H2,1-3H3. The molecule has 0 bridgehead atoms. The summed E-state index contributed by atoms with van der Waals surface area (Å²) in [5, 5.41) is 0. The molecule has 0 unspecified atom stereocenters. The highest BCUT2D eigenvalue weighted by Gasteiger charge is 1.96. The van der Waals surface area contributed by atoms with E-state index >= 15 is 0 Å². The van der Waals surface area contributed by atoms with Gasteiger partial charge in [-0.05, 0) is 36.4 Å². The molecule has 0 spiro atoms. The number of methoxy groups -OCH3 is 1. The van der Waals surface area contributed by atoms with Gasteiger partial charge in [-0.25, -0.2) is 0 Å². The molecule has 0 saturated carbocycles. The van der Waals surface area contributed by atoms with E-state index in [9.17, 15) is 0 Å². The van der Waals surface area contributed by atoms with Crippen LogP contribution in [0.4, 0.5) is 0 Å². The Bertz CT molecular complexity index is 258. The Kier molecular flexibility index (Phi) is 3.63. The van der Waals surface area contributed by atoms with Crippen LogP contribution in [0.5, 0.6) is 0 Å². The second-order valence-corrected chi connectivity index (χ2v) is 3.67. The summed E-state index contributed by atoms with van der Waals surface area (Å²) in [5.74, 6) is 0. The zero-order valence-electron chi connectivity index (χ0n) is 7.76. The van der Waals surface area contributed by atoms with Gasteiger partial charge in [0.05, 0.1) is 6.61 Å². The number of aryl methyl sites for hydroxylation is 1. The average molecular weight is 182 g/mol. The zero-order valence-corrected chi connectivity index (χ0v) is 8.57. The highest BCUT2D eigenvalue weighted by Crippen LogP contribution is 2.18. The first-order chi connectivity index (χ1) is 5.76. The van der Waals surface area contributed by atoms with Gasteiger partial charge in [0, 0.05) is 12.0 Å². The molecule has 0 aliphatic carbocycles. The van der Waals surface area contributed by atoms with Crippen molar-refractivity contribution in [3.8, 4) is 0 Å². The molecule has 0 aliphatic heterocycles. The maximum atomic E-state index is 5.07. The van der Waals surface area contributed by atoms with Crippen LogP contribution in [0.15, 0.2) is 23.1 Å². The van der Waals surface area contributed by atoms with Gasteiger partial charge in [-0.15, -0.1) is 11.8 Å². The Hall–Kier alpha value is -0.470. The lowest BCUT2D eigenvalue weighted by Crippen LogP contribution is -1.88. The largest absolute Gasteiger partial charge is 0.380 e. The monoisotopic (exact) mass is 182 g/mol. The Morgan fingerprint density at radius 3 is 2.67 bits per heavy atom. The molecule has 0 N–H and O–H groups in total. The number of rotatable bonds is 3. The van der Waals surface area contributed by atoms with Crippen LogP contribution in [0.2, 0.25) is 0 Å². The van der Waals surface area contributed by atoms with E-state index in [1.807, 2.05) is 0 Å². The van der Waals surface area contributed by atoms with E-state index in [4.69, 9.17) is 4.74 Å². The highest BCUT2D eigenvalue weighted by molar-refractivity contribution is 7.98. The van der Waals surface area contributed by atoms with E-state index in [0.29, 0.717) is 6.61 Å². The van der Waals surface area contributed by atoms with Crippen molar-refractivity contribution >= 4 is 11.8 Å². The second kappa shape index (κ2) is 4.53. The van der Waals surface area contributed by atoms with Crippen LogP contribution in [0, 0.1) is 6.92 Å². The highest BCUT2D eigenvalue weighted by atomic mass is 32.2. The molecular weight excluding hydrogens is 168 g/mol. The lowest BCUT2D eigenvalue weighted by atomic mass is 10.1.